The zero-order valence-electron chi connectivity index (χ0n) is 18.8. The second-order valence-corrected chi connectivity index (χ2v) is 9.33. The van der Waals surface area contributed by atoms with Crippen molar-refractivity contribution in [1.82, 2.24) is 14.7 Å². The van der Waals surface area contributed by atoms with Crippen LogP contribution < -0.4 is 4.74 Å². The highest BCUT2D eigenvalue weighted by Gasteiger charge is 2.28. The van der Waals surface area contributed by atoms with Gasteiger partial charge in [-0.2, -0.15) is 0 Å². The van der Waals surface area contributed by atoms with E-state index in [-0.39, 0.29) is 12.0 Å². The van der Waals surface area contributed by atoms with Gasteiger partial charge in [0.2, 0.25) is 0 Å². The third-order valence-corrected chi connectivity index (χ3v) is 6.75. The van der Waals surface area contributed by atoms with Crippen LogP contribution in [0.5, 0.6) is 5.75 Å². The molecule has 5 nitrogen and oxygen atoms in total. The van der Waals surface area contributed by atoms with E-state index in [4.69, 9.17) is 4.74 Å². The highest BCUT2D eigenvalue weighted by atomic mass is 16.5. The first kappa shape index (κ1) is 21.1. The Balaban J connectivity index is 1.41. The molecule has 0 spiro atoms. The Labute approximate surface area is 180 Å². The van der Waals surface area contributed by atoms with Crippen molar-refractivity contribution in [2.75, 3.05) is 40.3 Å². The van der Waals surface area contributed by atoms with Crippen LogP contribution in [-0.4, -0.2) is 79.1 Å². The van der Waals surface area contributed by atoms with Crippen LogP contribution in [0.4, 0.5) is 0 Å². The molecule has 0 radical (unpaired) electrons. The molecule has 1 unspecified atom stereocenters. The number of amides is 1. The molecule has 0 aliphatic carbocycles. The average molecular weight is 410 g/mol. The first-order chi connectivity index (χ1) is 14.4. The molecular weight excluding hydrogens is 374 g/mol. The van der Waals surface area contributed by atoms with Crippen LogP contribution in [0.3, 0.4) is 0 Å². The largest absolute Gasteiger partial charge is 0.490 e. The van der Waals surface area contributed by atoms with Gasteiger partial charge in [0.15, 0.2) is 0 Å². The molecule has 2 fully saturated rings. The Morgan fingerprint density at radius 1 is 1.00 bits per heavy atom. The molecule has 2 aromatic rings. The Bertz CT molecular complexity index is 887. The number of ether oxygens (including phenoxy) is 1. The molecule has 4 rings (SSSR count). The van der Waals surface area contributed by atoms with E-state index in [1.54, 1.807) is 0 Å². The average Bonchev–Trinajstić information content (AvgIpc) is 3.24. The van der Waals surface area contributed by atoms with Gasteiger partial charge in [0.05, 0.1) is 0 Å². The van der Waals surface area contributed by atoms with Crippen molar-refractivity contribution in [2.45, 2.75) is 51.3 Å². The molecule has 2 aliphatic rings. The summed E-state index contributed by atoms with van der Waals surface area (Å²) in [4.78, 5) is 19.6. The van der Waals surface area contributed by atoms with Crippen molar-refractivity contribution in [3.8, 4) is 5.75 Å². The minimum absolute atomic E-state index is 0.137. The summed E-state index contributed by atoms with van der Waals surface area (Å²) in [5.41, 5.74) is 0.775. The Hall–Kier alpha value is -2.11. The Morgan fingerprint density at radius 3 is 2.37 bits per heavy atom. The number of benzene rings is 2. The first-order valence-electron chi connectivity index (χ1n) is 11.3. The molecule has 2 aromatic carbocycles. The summed E-state index contributed by atoms with van der Waals surface area (Å²) in [6.07, 6.45) is 3.49. The zero-order valence-corrected chi connectivity index (χ0v) is 18.8. The topological polar surface area (TPSA) is 36.0 Å². The normalized spacial score (nSPS) is 21.1. The molecule has 0 N–H and O–H groups in total. The van der Waals surface area contributed by atoms with E-state index in [1.807, 2.05) is 23.1 Å². The van der Waals surface area contributed by atoms with Crippen LogP contribution in [0.1, 0.15) is 43.5 Å². The van der Waals surface area contributed by atoms with Crippen LogP contribution in [0, 0.1) is 0 Å². The molecule has 1 atom stereocenters. The van der Waals surface area contributed by atoms with E-state index in [2.05, 4.69) is 55.9 Å². The van der Waals surface area contributed by atoms with Crippen molar-refractivity contribution in [3.63, 3.8) is 0 Å². The lowest BCUT2D eigenvalue weighted by molar-refractivity contribution is 0.0783. The summed E-state index contributed by atoms with van der Waals surface area (Å²) >= 11 is 0. The van der Waals surface area contributed by atoms with Crippen molar-refractivity contribution >= 4 is 16.7 Å². The maximum atomic E-state index is 12.9. The number of hydrogen-bond acceptors (Lipinski definition) is 4. The van der Waals surface area contributed by atoms with Gasteiger partial charge in [-0.1, -0.05) is 12.1 Å². The van der Waals surface area contributed by atoms with Crippen LogP contribution in [0.15, 0.2) is 36.4 Å². The zero-order chi connectivity index (χ0) is 21.3. The molecule has 2 aliphatic heterocycles. The molecule has 2 heterocycles. The number of nitrogens with zero attached hydrogens (tertiary/aromatic N) is 3. The number of rotatable bonds is 5. The van der Waals surface area contributed by atoms with E-state index >= 15 is 0 Å². The third-order valence-electron chi connectivity index (χ3n) is 6.75. The van der Waals surface area contributed by atoms with Gasteiger partial charge in [0, 0.05) is 43.8 Å². The fraction of sp³-hybridized carbons (Fsp3) is 0.560. The number of piperidine rings is 1. The summed E-state index contributed by atoms with van der Waals surface area (Å²) in [7, 11) is 4.17. The summed E-state index contributed by atoms with van der Waals surface area (Å²) in [5.74, 6) is 1.07. The molecule has 30 heavy (non-hydrogen) atoms. The highest BCUT2D eigenvalue weighted by molar-refractivity contribution is 5.99. The summed E-state index contributed by atoms with van der Waals surface area (Å²) < 4.78 is 6.28. The second kappa shape index (κ2) is 8.94. The number of likely N-dealkylation sites (tertiary alicyclic amines) is 2. The van der Waals surface area contributed by atoms with E-state index in [1.165, 1.54) is 0 Å². The fourth-order valence-electron chi connectivity index (χ4n) is 4.66. The minimum atomic E-state index is 0.137. The smallest absolute Gasteiger partial charge is 0.253 e. The molecule has 1 amide bonds. The molecular formula is C25H35N3O2. The summed E-state index contributed by atoms with van der Waals surface area (Å²) in [6, 6.07) is 13.3. The van der Waals surface area contributed by atoms with Gasteiger partial charge >= 0.3 is 0 Å². The number of likely N-dealkylation sites (N-methyl/N-ethyl adjacent to an activating group) is 1. The van der Waals surface area contributed by atoms with Gasteiger partial charge in [-0.3, -0.25) is 4.79 Å². The van der Waals surface area contributed by atoms with Crippen LogP contribution in [0.2, 0.25) is 0 Å². The Kier molecular flexibility index (Phi) is 6.30. The van der Waals surface area contributed by atoms with Crippen LogP contribution in [0.25, 0.3) is 10.8 Å². The highest BCUT2D eigenvalue weighted by Crippen LogP contribution is 2.26. The predicted molar refractivity (Wildman–Crippen MR) is 122 cm³/mol. The number of fused-ring (bicyclic) bond motifs is 1. The maximum Gasteiger partial charge on any atom is 0.253 e. The predicted octanol–water partition coefficient (Wildman–Crippen LogP) is 3.87. The molecule has 0 saturated carbocycles. The molecule has 2 saturated heterocycles. The van der Waals surface area contributed by atoms with E-state index in [0.29, 0.717) is 12.1 Å². The standard InChI is InChI=1S/C25H35N3O2/c1-18(2)27-13-10-23(11-14-27)30-24-8-7-19-15-21(6-5-20(19)16-24)25(29)28-12-9-22(17-28)26(3)4/h5-8,15-16,18,22-23H,9-14,17H2,1-4H3. The lowest BCUT2D eigenvalue weighted by Gasteiger charge is -2.34. The van der Waals surface area contributed by atoms with E-state index < -0.39 is 0 Å². The number of carbonyl (C=O) groups is 1. The maximum absolute atomic E-state index is 12.9. The molecule has 162 valence electrons. The Morgan fingerprint density at radius 2 is 1.70 bits per heavy atom. The van der Waals surface area contributed by atoms with Gasteiger partial charge in [-0.25, -0.2) is 0 Å². The second-order valence-electron chi connectivity index (χ2n) is 9.33. The SMILES string of the molecule is CC(C)N1CCC(Oc2ccc3cc(C(=O)N4CCC(N(C)C)C4)ccc3c2)CC1. The van der Waals surface area contributed by atoms with Crippen LogP contribution in [-0.2, 0) is 0 Å². The van der Waals surface area contributed by atoms with Crippen molar-refractivity contribution in [1.29, 1.82) is 0 Å². The lowest BCUT2D eigenvalue weighted by Crippen LogP contribution is -2.41. The fourth-order valence-corrected chi connectivity index (χ4v) is 4.66. The summed E-state index contributed by atoms with van der Waals surface area (Å²) in [6.45, 7) is 8.37. The summed E-state index contributed by atoms with van der Waals surface area (Å²) in [5, 5.41) is 2.21. The number of hydrogen-bond donors (Lipinski definition) is 0. The van der Waals surface area contributed by atoms with Gasteiger partial charge in [0.25, 0.3) is 5.91 Å². The number of carbonyl (C=O) groups excluding carboxylic acids is 1. The molecule has 5 heteroatoms. The van der Waals surface area contributed by atoms with Gasteiger partial charge in [-0.05, 0) is 82.2 Å². The first-order valence-corrected chi connectivity index (χ1v) is 11.3. The van der Waals surface area contributed by atoms with E-state index in [0.717, 1.165) is 67.5 Å². The monoisotopic (exact) mass is 409 g/mol. The van der Waals surface area contributed by atoms with Gasteiger partial charge < -0.3 is 19.4 Å². The molecule has 0 bridgehead atoms. The van der Waals surface area contributed by atoms with Crippen molar-refractivity contribution in [3.05, 3.63) is 42.0 Å². The van der Waals surface area contributed by atoms with Gasteiger partial charge in [-0.15, -0.1) is 0 Å². The van der Waals surface area contributed by atoms with Crippen molar-refractivity contribution < 1.29 is 9.53 Å². The molecule has 0 aromatic heterocycles. The lowest BCUT2D eigenvalue weighted by atomic mass is 10.0. The van der Waals surface area contributed by atoms with Crippen molar-refractivity contribution in [2.24, 2.45) is 0 Å². The van der Waals surface area contributed by atoms with Gasteiger partial charge in [0.1, 0.15) is 11.9 Å². The van der Waals surface area contributed by atoms with E-state index in [9.17, 15) is 4.79 Å². The quantitative estimate of drug-likeness (QED) is 0.751. The van der Waals surface area contributed by atoms with Crippen LogP contribution >= 0.6 is 0 Å². The third kappa shape index (κ3) is 4.62. The minimum Gasteiger partial charge on any atom is -0.490 e.